The lowest BCUT2D eigenvalue weighted by molar-refractivity contribution is -0.253. The minimum atomic E-state index is 0.0331. The van der Waals surface area contributed by atoms with Crippen LogP contribution in [0.15, 0.2) is 59.7 Å². The van der Waals surface area contributed by atoms with Crippen molar-refractivity contribution in [3.63, 3.8) is 0 Å². The number of thiocarbonyl (C=S) groups is 4. The summed E-state index contributed by atoms with van der Waals surface area (Å²) in [5, 5.41) is 70.9. The molecule has 0 aliphatic rings. The summed E-state index contributed by atoms with van der Waals surface area (Å²) < 4.78 is 4.06. The molecule has 6 rings (SSSR count). The van der Waals surface area contributed by atoms with Gasteiger partial charge in [-0.2, -0.15) is 10.3 Å². The maximum absolute atomic E-state index is 8.75. The molecule has 0 radical (unpaired) electrons. The Hall–Kier alpha value is -5.13. The van der Waals surface area contributed by atoms with Crippen molar-refractivity contribution in [2.45, 2.75) is 61.0 Å². The monoisotopic (exact) mass is 1110 g/mol. The molecule has 0 saturated carbocycles. The molecule has 12 N–H and O–H groups in total. The van der Waals surface area contributed by atoms with Gasteiger partial charge in [0, 0.05) is 61.9 Å². The second-order valence-electron chi connectivity index (χ2n) is 13.4. The molecule has 0 aliphatic heterocycles. The Morgan fingerprint density at radius 2 is 1.31 bits per heavy atom. The van der Waals surface area contributed by atoms with E-state index in [-0.39, 0.29) is 24.6 Å². The number of anilines is 3. The number of hydrogen-bond acceptors (Lipinski definition) is 19. The van der Waals surface area contributed by atoms with Gasteiger partial charge in [0.1, 0.15) is 26.1 Å². The Labute approximate surface area is 443 Å². The van der Waals surface area contributed by atoms with E-state index in [0.29, 0.717) is 54.8 Å². The molecule has 0 unspecified atom stereocenters. The van der Waals surface area contributed by atoms with Crippen LogP contribution in [0.5, 0.6) is 0 Å². The first-order valence-electron chi connectivity index (χ1n) is 21.0. The van der Waals surface area contributed by atoms with E-state index in [1.807, 2.05) is 50.4 Å². The van der Waals surface area contributed by atoms with Crippen LogP contribution in [0.3, 0.4) is 0 Å². The van der Waals surface area contributed by atoms with Gasteiger partial charge >= 0.3 is 0 Å². The maximum atomic E-state index is 8.75. The molecule has 4 aromatic heterocycles. The summed E-state index contributed by atoms with van der Waals surface area (Å²) in [7, 11) is 0. The Kier molecular flexibility index (Phi) is 28.3. The Bertz CT molecular complexity index is 2620. The molecule has 380 valence electrons. The third kappa shape index (κ3) is 21.5. The Balaban J connectivity index is 0.000000257. The van der Waals surface area contributed by atoms with Crippen LogP contribution in [0.2, 0.25) is 0 Å². The zero-order valence-electron chi connectivity index (χ0n) is 38.5. The maximum Gasteiger partial charge on any atom is 0.242 e. The second-order valence-corrected chi connectivity index (χ2v) is 17.5. The lowest BCUT2D eigenvalue weighted by atomic mass is 10.1. The highest BCUT2D eigenvalue weighted by Crippen LogP contribution is 2.20. The number of nitrogens with one attached hydrogen (secondary N) is 9. The van der Waals surface area contributed by atoms with Gasteiger partial charge in [-0.3, -0.25) is 25.4 Å². The van der Waals surface area contributed by atoms with Crippen molar-refractivity contribution in [2.24, 2.45) is 0 Å². The first kappa shape index (κ1) is 59.2. The molecule has 0 amide bonds. The van der Waals surface area contributed by atoms with Crippen molar-refractivity contribution in [1.82, 2.24) is 71.1 Å². The fraction of sp³-hybridized carbons (Fsp3) is 0.359. The first-order chi connectivity index (χ1) is 33.8. The van der Waals surface area contributed by atoms with E-state index in [0.717, 1.165) is 59.4 Å². The van der Waals surface area contributed by atoms with Gasteiger partial charge in [-0.15, -0.1) is 22.7 Å². The molecule has 23 nitrogen and oxygen atoms in total. The number of benzene rings is 2. The predicted octanol–water partition coefficient (Wildman–Crippen LogP) is 7.14. The number of hydrogen-bond donors (Lipinski definition) is 12. The summed E-state index contributed by atoms with van der Waals surface area (Å²) in [5.74, 6) is 0. The van der Waals surface area contributed by atoms with Gasteiger partial charge in [0.25, 0.3) is 0 Å². The van der Waals surface area contributed by atoms with Gasteiger partial charge < -0.3 is 42.1 Å². The summed E-state index contributed by atoms with van der Waals surface area (Å²) in [6.07, 6.45) is 3.35. The number of aromatic amines is 2. The highest BCUT2D eigenvalue weighted by atomic mass is 32.1. The molecule has 0 fully saturated rings. The van der Waals surface area contributed by atoms with Crippen LogP contribution in [0.25, 0.3) is 11.4 Å². The van der Waals surface area contributed by atoms with Gasteiger partial charge in [0.05, 0.1) is 17.1 Å². The molecule has 6 aromatic rings. The van der Waals surface area contributed by atoms with Gasteiger partial charge in [-0.25, -0.2) is 29.3 Å². The summed E-state index contributed by atoms with van der Waals surface area (Å²) >= 11 is 33.7. The molecule has 0 saturated heterocycles. The molecule has 2 aromatic carbocycles. The summed E-state index contributed by atoms with van der Waals surface area (Å²) in [4.78, 5) is 22.6. The molecule has 0 spiro atoms. The Morgan fingerprint density at radius 3 is 1.86 bits per heavy atom. The minimum absolute atomic E-state index is 0.0331. The van der Waals surface area contributed by atoms with E-state index in [1.165, 1.54) is 27.4 Å². The van der Waals surface area contributed by atoms with Gasteiger partial charge in [0.15, 0.2) is 35.5 Å². The number of H-pyrrole nitrogens is 2. The van der Waals surface area contributed by atoms with E-state index in [9.17, 15) is 0 Å². The molecule has 0 atom stereocenters. The van der Waals surface area contributed by atoms with E-state index in [1.54, 1.807) is 34.6 Å². The Morgan fingerprint density at radius 1 is 0.714 bits per heavy atom. The van der Waals surface area contributed by atoms with E-state index >= 15 is 0 Å². The topological polar surface area (TPSA) is 282 Å². The lowest BCUT2D eigenvalue weighted by Gasteiger charge is -2.22. The van der Waals surface area contributed by atoms with E-state index < -0.39 is 0 Å². The first-order valence-corrected chi connectivity index (χ1v) is 25.2. The standard InChI is InChI=1S/C15H21N5O2S2.C11H14N6O2S2.C7H11N3O2S2.C6H9N3S2/c1-3-19(4-2)14(23)16-8-11-5-12(9-22-21)7-13(6-11)20-10-17-18-15(20)24;1-2-12-10(20)13-8-3-7(6-19-18)4-9(5-8)17-11(21)14-15-16-17;1-2-8-6(13)10-7-9-5(3-12-11)4-14-7;1-2-7-5(10)9-6-8-3-4-11-6/h5-7,10,21H,3-4,8-9H2,1-2H3,(H,16,23)(H,18,24);3-5,18H,2,6H2,1H3,(H2,12,13,20)(H,14,16,21);4,11H,2-3H2,1H3,(H2,8,9,10,13);3-4H,2H2,1H3,(H2,7,8,9,10). The second kappa shape index (κ2) is 33.5. The number of thiazole rings is 2. The largest absolute Gasteiger partial charge is 0.363 e. The molecular weight excluding hydrogens is 1060 g/mol. The summed E-state index contributed by atoms with van der Waals surface area (Å²) in [5.41, 5.74) is 5.48. The third-order valence-electron chi connectivity index (χ3n) is 8.44. The SMILES string of the molecule is CCN(CC)C(=S)NCc1cc(COO)cc(-n2cn[nH]c2=S)c1.CCNC(=S)Nc1cc(COO)cc(-n2[nH]nnc2=S)c1.CCNC(=S)Nc1nc(COO)cs1.CCNC(=S)Nc1nccs1. The van der Waals surface area contributed by atoms with Crippen molar-refractivity contribution in [3.8, 4) is 11.4 Å². The van der Waals surface area contributed by atoms with Crippen LogP contribution in [-0.2, 0) is 41.0 Å². The van der Waals surface area contributed by atoms with E-state index in [2.05, 4.69) is 106 Å². The van der Waals surface area contributed by atoms with Crippen LogP contribution in [-0.4, -0.2) is 119 Å². The molecular formula is C39H55N17O6S8. The smallest absolute Gasteiger partial charge is 0.242 e. The molecule has 4 heterocycles. The minimum Gasteiger partial charge on any atom is -0.363 e. The quantitative estimate of drug-likeness (QED) is 0.0231. The number of tetrazole rings is 1. The zero-order chi connectivity index (χ0) is 51.3. The predicted molar refractivity (Wildman–Crippen MR) is 294 cm³/mol. The van der Waals surface area contributed by atoms with Crippen molar-refractivity contribution >= 4 is 132 Å². The van der Waals surface area contributed by atoms with Gasteiger partial charge in [0.2, 0.25) is 4.77 Å². The molecule has 0 aliphatic carbocycles. The van der Waals surface area contributed by atoms with Gasteiger partial charge in [-0.1, -0.05) is 16.4 Å². The average Bonchev–Trinajstić information content (AvgIpc) is 4.18. The van der Waals surface area contributed by atoms with Crippen LogP contribution >= 0.6 is 96.0 Å². The number of aromatic nitrogens is 9. The molecule has 31 heteroatoms. The summed E-state index contributed by atoms with van der Waals surface area (Å²) in [6.45, 7) is 14.8. The van der Waals surface area contributed by atoms with Crippen molar-refractivity contribution in [2.75, 3.05) is 48.7 Å². The number of nitrogens with zero attached hydrogens (tertiary/aromatic N) is 8. The fourth-order valence-electron chi connectivity index (χ4n) is 5.49. The highest BCUT2D eigenvalue weighted by molar-refractivity contribution is 7.81. The zero-order valence-corrected chi connectivity index (χ0v) is 45.1. The molecule has 0 bridgehead atoms. The average molecular weight is 1110 g/mol. The van der Waals surface area contributed by atoms with Crippen molar-refractivity contribution in [1.29, 1.82) is 0 Å². The normalized spacial score (nSPS) is 10.2. The van der Waals surface area contributed by atoms with Crippen molar-refractivity contribution in [3.05, 3.63) is 91.6 Å². The lowest BCUT2D eigenvalue weighted by Crippen LogP contribution is -2.39. The van der Waals surface area contributed by atoms with Crippen LogP contribution in [0.1, 0.15) is 57.0 Å². The number of rotatable bonds is 18. The van der Waals surface area contributed by atoms with Crippen LogP contribution in [0, 0.1) is 9.54 Å². The van der Waals surface area contributed by atoms with Crippen molar-refractivity contribution < 1.29 is 30.4 Å². The van der Waals surface area contributed by atoms with E-state index in [4.69, 9.17) is 89.1 Å². The fourth-order valence-corrected chi connectivity index (χ4v) is 8.32. The third-order valence-corrected chi connectivity index (χ3v) is 11.6. The highest BCUT2D eigenvalue weighted by Gasteiger charge is 2.10. The molecule has 70 heavy (non-hydrogen) atoms. The van der Waals surface area contributed by atoms with Crippen LogP contribution in [0.4, 0.5) is 16.0 Å². The van der Waals surface area contributed by atoms with Gasteiger partial charge in [-0.05, 0) is 155 Å². The summed E-state index contributed by atoms with van der Waals surface area (Å²) in [6, 6.07) is 11.2. The van der Waals surface area contributed by atoms with Crippen LogP contribution < -0.4 is 37.2 Å².